The average Bonchev–Trinajstić information content (AvgIpc) is 2.94. The summed E-state index contributed by atoms with van der Waals surface area (Å²) < 4.78 is 33.2. The van der Waals surface area contributed by atoms with Gasteiger partial charge in [-0.25, -0.2) is 8.42 Å². The lowest BCUT2D eigenvalue weighted by Gasteiger charge is -2.15. The van der Waals surface area contributed by atoms with Gasteiger partial charge in [-0.2, -0.15) is 0 Å². The van der Waals surface area contributed by atoms with E-state index in [1.807, 2.05) is 13.8 Å². The number of anilines is 2. The number of sulfonamides is 1. The number of ether oxygens (including phenoxy) is 1. The zero-order valence-corrected chi connectivity index (χ0v) is 15.7. The van der Waals surface area contributed by atoms with Crippen LogP contribution in [-0.2, 0) is 21.2 Å². The summed E-state index contributed by atoms with van der Waals surface area (Å²) in [4.78, 5) is 13.8. The molecule has 1 heterocycles. The third-order valence-electron chi connectivity index (χ3n) is 4.19. The zero-order chi connectivity index (χ0) is 18.7. The molecular weight excluding hydrogens is 352 g/mol. The third-order valence-corrected chi connectivity index (χ3v) is 5.59. The standard InChI is InChI=1S/C19H22N2O4S/c1-3-11-25-16-6-8-17(9-7-16)26(23,24)20-15-5-10-18-14(12-15)13-19(22)21(18)4-2/h5-10,12,20H,3-4,11,13H2,1-2H3. The van der Waals surface area contributed by atoms with Crippen LogP contribution < -0.4 is 14.4 Å². The first-order valence-electron chi connectivity index (χ1n) is 8.63. The number of amides is 1. The zero-order valence-electron chi connectivity index (χ0n) is 14.9. The lowest BCUT2D eigenvalue weighted by molar-refractivity contribution is -0.117. The summed E-state index contributed by atoms with van der Waals surface area (Å²) in [6.07, 6.45) is 1.18. The molecule has 26 heavy (non-hydrogen) atoms. The second-order valence-electron chi connectivity index (χ2n) is 6.08. The van der Waals surface area contributed by atoms with E-state index >= 15 is 0 Å². The minimum absolute atomic E-state index is 0.0326. The van der Waals surface area contributed by atoms with Gasteiger partial charge in [0.1, 0.15) is 5.75 Å². The van der Waals surface area contributed by atoms with E-state index in [2.05, 4.69) is 4.72 Å². The molecule has 0 fully saturated rings. The largest absolute Gasteiger partial charge is 0.494 e. The molecule has 7 heteroatoms. The Morgan fingerprint density at radius 3 is 2.50 bits per heavy atom. The number of hydrogen-bond donors (Lipinski definition) is 1. The maximum atomic E-state index is 12.6. The van der Waals surface area contributed by atoms with Gasteiger partial charge in [-0.15, -0.1) is 0 Å². The molecule has 1 aliphatic rings. The second-order valence-corrected chi connectivity index (χ2v) is 7.77. The highest BCUT2D eigenvalue weighted by Crippen LogP contribution is 2.31. The van der Waals surface area contributed by atoms with Crippen LogP contribution in [-0.4, -0.2) is 27.5 Å². The van der Waals surface area contributed by atoms with Crippen LogP contribution in [0.1, 0.15) is 25.8 Å². The Morgan fingerprint density at radius 1 is 1.12 bits per heavy atom. The summed E-state index contributed by atoms with van der Waals surface area (Å²) in [5.41, 5.74) is 2.12. The molecule has 0 spiro atoms. The van der Waals surface area contributed by atoms with E-state index in [1.54, 1.807) is 35.2 Å². The first kappa shape index (κ1) is 18.3. The molecule has 0 unspecified atom stereocenters. The van der Waals surface area contributed by atoms with Crippen LogP contribution in [0.4, 0.5) is 11.4 Å². The molecule has 138 valence electrons. The van der Waals surface area contributed by atoms with Gasteiger partial charge >= 0.3 is 0 Å². The van der Waals surface area contributed by atoms with Gasteiger partial charge in [-0.05, 0) is 61.4 Å². The van der Waals surface area contributed by atoms with Gasteiger partial charge in [-0.3, -0.25) is 9.52 Å². The number of carbonyl (C=O) groups is 1. The molecule has 0 radical (unpaired) electrons. The first-order valence-corrected chi connectivity index (χ1v) is 10.1. The molecule has 2 aromatic carbocycles. The van der Waals surface area contributed by atoms with E-state index in [0.717, 1.165) is 17.7 Å². The van der Waals surface area contributed by atoms with Crippen molar-refractivity contribution in [2.45, 2.75) is 31.6 Å². The van der Waals surface area contributed by atoms with Crippen molar-refractivity contribution in [3.05, 3.63) is 48.0 Å². The molecule has 0 atom stereocenters. The van der Waals surface area contributed by atoms with Crippen LogP contribution >= 0.6 is 0 Å². The monoisotopic (exact) mass is 374 g/mol. The topological polar surface area (TPSA) is 75.7 Å². The van der Waals surface area contributed by atoms with Crippen molar-refractivity contribution < 1.29 is 17.9 Å². The van der Waals surface area contributed by atoms with Crippen LogP contribution in [0.25, 0.3) is 0 Å². The fourth-order valence-corrected chi connectivity index (χ4v) is 3.99. The minimum Gasteiger partial charge on any atom is -0.494 e. The molecule has 0 bridgehead atoms. The molecule has 1 amide bonds. The van der Waals surface area contributed by atoms with E-state index in [9.17, 15) is 13.2 Å². The van der Waals surface area contributed by atoms with E-state index in [4.69, 9.17) is 4.74 Å². The normalized spacial score (nSPS) is 13.6. The summed E-state index contributed by atoms with van der Waals surface area (Å²) in [6.45, 7) is 5.11. The molecule has 1 aliphatic heterocycles. The van der Waals surface area contributed by atoms with E-state index in [0.29, 0.717) is 31.0 Å². The van der Waals surface area contributed by atoms with Crippen molar-refractivity contribution in [3.63, 3.8) is 0 Å². The Hall–Kier alpha value is -2.54. The number of nitrogens with zero attached hydrogens (tertiary/aromatic N) is 1. The van der Waals surface area contributed by atoms with Crippen LogP contribution in [0.3, 0.4) is 0 Å². The van der Waals surface area contributed by atoms with Gasteiger partial charge in [0.25, 0.3) is 10.0 Å². The van der Waals surface area contributed by atoms with Gasteiger partial charge in [0, 0.05) is 17.9 Å². The van der Waals surface area contributed by atoms with Gasteiger partial charge in [0.05, 0.1) is 17.9 Å². The third kappa shape index (κ3) is 3.67. The molecule has 3 rings (SSSR count). The minimum atomic E-state index is -3.70. The summed E-state index contributed by atoms with van der Waals surface area (Å²) in [7, 11) is -3.70. The maximum Gasteiger partial charge on any atom is 0.261 e. The van der Waals surface area contributed by atoms with Gasteiger partial charge in [0.2, 0.25) is 5.91 Å². The van der Waals surface area contributed by atoms with Gasteiger partial charge in [-0.1, -0.05) is 6.92 Å². The number of benzene rings is 2. The summed E-state index contributed by atoms with van der Waals surface area (Å²) in [5, 5.41) is 0. The molecule has 0 aromatic heterocycles. The summed E-state index contributed by atoms with van der Waals surface area (Å²) >= 11 is 0. The lowest BCUT2D eigenvalue weighted by atomic mass is 10.1. The van der Waals surface area contributed by atoms with E-state index in [-0.39, 0.29) is 10.8 Å². The molecule has 2 aromatic rings. The number of hydrogen-bond acceptors (Lipinski definition) is 4. The van der Waals surface area contributed by atoms with Crippen molar-refractivity contribution in [1.29, 1.82) is 0 Å². The Morgan fingerprint density at radius 2 is 1.85 bits per heavy atom. The highest BCUT2D eigenvalue weighted by Gasteiger charge is 2.26. The van der Waals surface area contributed by atoms with Crippen LogP contribution in [0.15, 0.2) is 47.4 Å². The van der Waals surface area contributed by atoms with Crippen molar-refractivity contribution in [2.24, 2.45) is 0 Å². The predicted octanol–water partition coefficient (Wildman–Crippen LogP) is 3.19. The van der Waals surface area contributed by atoms with Crippen molar-refractivity contribution >= 4 is 27.3 Å². The number of fused-ring (bicyclic) bond motifs is 1. The molecular formula is C19H22N2O4S. The fraction of sp³-hybridized carbons (Fsp3) is 0.316. The summed E-state index contributed by atoms with van der Waals surface area (Å²) in [5.74, 6) is 0.673. The SMILES string of the molecule is CCCOc1ccc(S(=O)(=O)Nc2ccc3c(c2)CC(=O)N3CC)cc1. The van der Waals surface area contributed by atoms with Crippen LogP contribution in [0, 0.1) is 0 Å². The molecule has 0 aliphatic carbocycles. The lowest BCUT2D eigenvalue weighted by Crippen LogP contribution is -2.25. The number of likely N-dealkylation sites (N-methyl/N-ethyl adjacent to an activating group) is 1. The van der Waals surface area contributed by atoms with Crippen LogP contribution in [0.2, 0.25) is 0 Å². The number of rotatable bonds is 7. The Kier molecular flexibility index (Phi) is 5.18. The van der Waals surface area contributed by atoms with Crippen LogP contribution in [0.5, 0.6) is 5.75 Å². The Labute approximate surface area is 153 Å². The maximum absolute atomic E-state index is 12.6. The predicted molar refractivity (Wildman–Crippen MR) is 101 cm³/mol. The van der Waals surface area contributed by atoms with E-state index < -0.39 is 10.0 Å². The molecule has 6 nitrogen and oxygen atoms in total. The summed E-state index contributed by atoms with van der Waals surface area (Å²) in [6, 6.07) is 11.5. The van der Waals surface area contributed by atoms with Crippen molar-refractivity contribution in [3.8, 4) is 5.75 Å². The van der Waals surface area contributed by atoms with Gasteiger partial charge < -0.3 is 9.64 Å². The highest BCUT2D eigenvalue weighted by molar-refractivity contribution is 7.92. The molecule has 0 saturated heterocycles. The quantitative estimate of drug-likeness (QED) is 0.808. The van der Waals surface area contributed by atoms with Crippen molar-refractivity contribution in [2.75, 3.05) is 22.8 Å². The first-order chi connectivity index (χ1) is 12.4. The van der Waals surface area contributed by atoms with E-state index in [1.165, 1.54) is 12.1 Å². The smallest absolute Gasteiger partial charge is 0.261 e. The number of carbonyl (C=O) groups excluding carboxylic acids is 1. The fourth-order valence-electron chi connectivity index (χ4n) is 2.94. The molecule has 1 N–H and O–H groups in total. The number of nitrogens with one attached hydrogen (secondary N) is 1. The Bertz CT molecular complexity index is 908. The second kappa shape index (κ2) is 7.37. The Balaban J connectivity index is 1.78. The molecule has 0 saturated carbocycles. The van der Waals surface area contributed by atoms with Crippen molar-refractivity contribution in [1.82, 2.24) is 0 Å². The van der Waals surface area contributed by atoms with Gasteiger partial charge in [0.15, 0.2) is 0 Å². The average molecular weight is 374 g/mol. The highest BCUT2D eigenvalue weighted by atomic mass is 32.2.